The lowest BCUT2D eigenvalue weighted by atomic mass is 10.0. The van der Waals surface area contributed by atoms with Crippen LogP contribution in [-0.2, 0) is 0 Å². The number of aliphatic hydroxyl groups is 2. The first kappa shape index (κ1) is 15.8. The van der Waals surface area contributed by atoms with Gasteiger partial charge >= 0.3 is 0 Å². The lowest BCUT2D eigenvalue weighted by Crippen LogP contribution is -2.39. The third kappa shape index (κ3) is 4.11. The van der Waals surface area contributed by atoms with Gasteiger partial charge in [-0.25, -0.2) is 0 Å². The number of hydrogen-bond donors (Lipinski definition) is 2. The maximum atomic E-state index is 10.0. The van der Waals surface area contributed by atoms with Crippen molar-refractivity contribution >= 4 is 5.69 Å². The van der Waals surface area contributed by atoms with Gasteiger partial charge in [0, 0.05) is 24.3 Å². The molecule has 1 aromatic rings. The lowest BCUT2D eigenvalue weighted by Gasteiger charge is -2.32. The van der Waals surface area contributed by atoms with Crippen LogP contribution in [0.1, 0.15) is 39.4 Å². The van der Waals surface area contributed by atoms with Gasteiger partial charge in [0.2, 0.25) is 0 Å². The van der Waals surface area contributed by atoms with E-state index in [-0.39, 0.29) is 0 Å². The molecule has 2 N–H and O–H groups in total. The van der Waals surface area contributed by atoms with Crippen LogP contribution in [0.2, 0.25) is 0 Å². The zero-order valence-electron chi connectivity index (χ0n) is 12.5. The number of nitrogens with zero attached hydrogens (tertiary/aromatic N) is 1. The van der Waals surface area contributed by atoms with E-state index in [1.54, 1.807) is 27.9 Å². The molecule has 0 spiro atoms. The summed E-state index contributed by atoms with van der Waals surface area (Å²) in [4.78, 5) is 2.05. The van der Waals surface area contributed by atoms with Gasteiger partial charge in [-0.15, -0.1) is 0 Å². The second-order valence-electron chi connectivity index (χ2n) is 5.40. The number of likely N-dealkylation sites (N-methyl/N-ethyl adjacent to an activating group) is 1. The first-order chi connectivity index (χ1) is 8.80. The van der Waals surface area contributed by atoms with E-state index in [0.29, 0.717) is 12.3 Å². The van der Waals surface area contributed by atoms with Crippen molar-refractivity contribution in [1.29, 1.82) is 0 Å². The van der Waals surface area contributed by atoms with E-state index in [0.717, 1.165) is 17.8 Å². The van der Waals surface area contributed by atoms with Crippen LogP contribution in [0, 0.1) is 0 Å². The minimum atomic E-state index is -0.797. The minimum absolute atomic E-state index is 0.496. The van der Waals surface area contributed by atoms with Gasteiger partial charge in [-0.3, -0.25) is 0 Å². The van der Waals surface area contributed by atoms with Crippen molar-refractivity contribution < 1.29 is 14.9 Å². The normalized spacial score (nSPS) is 13.2. The first-order valence-electron chi connectivity index (χ1n) is 6.62. The van der Waals surface area contributed by atoms with Crippen molar-refractivity contribution in [3.05, 3.63) is 23.8 Å². The Morgan fingerprint density at radius 3 is 2.42 bits per heavy atom. The Labute approximate surface area is 115 Å². The monoisotopic (exact) mass is 267 g/mol. The molecule has 0 aliphatic rings. The molecule has 4 nitrogen and oxygen atoms in total. The van der Waals surface area contributed by atoms with E-state index >= 15 is 0 Å². The minimum Gasteiger partial charge on any atom is -0.496 e. The molecular weight excluding hydrogens is 242 g/mol. The topological polar surface area (TPSA) is 52.9 Å². The molecule has 0 amide bonds. The molecule has 19 heavy (non-hydrogen) atoms. The smallest absolute Gasteiger partial charge is 0.126 e. The molecule has 0 aromatic heterocycles. The van der Waals surface area contributed by atoms with E-state index in [9.17, 15) is 10.2 Å². The molecule has 0 saturated carbocycles. The number of methoxy groups -OCH3 is 1. The Balaban J connectivity index is 3.23. The average molecular weight is 267 g/mol. The highest BCUT2D eigenvalue weighted by Crippen LogP contribution is 2.35. The Hall–Kier alpha value is -1.26. The van der Waals surface area contributed by atoms with Gasteiger partial charge in [-0.05, 0) is 39.8 Å². The summed E-state index contributed by atoms with van der Waals surface area (Å²) in [6.45, 7) is 8.54. The third-order valence-corrected chi connectivity index (χ3v) is 2.98. The molecule has 1 atom stereocenters. The van der Waals surface area contributed by atoms with Gasteiger partial charge in [-0.2, -0.15) is 0 Å². The molecule has 4 heteroatoms. The van der Waals surface area contributed by atoms with E-state index in [2.05, 4.69) is 0 Å². The number of rotatable bonds is 6. The second kappa shape index (κ2) is 6.26. The van der Waals surface area contributed by atoms with E-state index < -0.39 is 11.7 Å². The first-order valence-corrected chi connectivity index (χ1v) is 6.62. The van der Waals surface area contributed by atoms with Gasteiger partial charge < -0.3 is 19.8 Å². The van der Waals surface area contributed by atoms with Crippen LogP contribution in [0.25, 0.3) is 0 Å². The van der Waals surface area contributed by atoms with Gasteiger partial charge in [-0.1, -0.05) is 6.07 Å². The van der Waals surface area contributed by atoms with Gasteiger partial charge in [0.1, 0.15) is 5.75 Å². The van der Waals surface area contributed by atoms with Crippen LogP contribution in [0.4, 0.5) is 5.69 Å². The maximum Gasteiger partial charge on any atom is 0.126 e. The molecule has 0 saturated heterocycles. The molecule has 0 unspecified atom stereocenters. The zero-order chi connectivity index (χ0) is 14.6. The fourth-order valence-electron chi connectivity index (χ4n) is 2.24. The van der Waals surface area contributed by atoms with Gasteiger partial charge in [0.25, 0.3) is 0 Å². The van der Waals surface area contributed by atoms with Gasteiger partial charge in [0.05, 0.1) is 18.8 Å². The summed E-state index contributed by atoms with van der Waals surface area (Å²) in [5.74, 6) is 0.668. The molecule has 0 aliphatic carbocycles. The second-order valence-corrected chi connectivity index (χ2v) is 5.40. The summed E-state index contributed by atoms with van der Waals surface area (Å²) in [6.07, 6.45) is -0.623. The fourth-order valence-corrected chi connectivity index (χ4v) is 2.24. The fraction of sp³-hybridized carbons (Fsp3) is 0.600. The van der Waals surface area contributed by atoms with Crippen molar-refractivity contribution in [1.82, 2.24) is 0 Å². The number of aliphatic hydroxyl groups excluding tert-OH is 1. The van der Waals surface area contributed by atoms with Crippen molar-refractivity contribution in [2.45, 2.75) is 39.4 Å². The standard InChI is InChI=1S/C15H25NO3/c1-6-16(10-15(3,4)18)12-8-7-9-13(19-5)14(12)11(2)17/h7-9,11,17-18H,6,10H2,1-5H3/t11-/m0/s1. The Morgan fingerprint density at radius 2 is 2.00 bits per heavy atom. The third-order valence-electron chi connectivity index (χ3n) is 2.98. The van der Waals surface area contributed by atoms with Crippen LogP contribution in [0.15, 0.2) is 18.2 Å². The number of benzene rings is 1. The van der Waals surface area contributed by atoms with Crippen molar-refractivity contribution in [3.63, 3.8) is 0 Å². The molecular formula is C15H25NO3. The van der Waals surface area contributed by atoms with E-state index in [4.69, 9.17) is 4.74 Å². The highest BCUT2D eigenvalue weighted by Gasteiger charge is 2.22. The quantitative estimate of drug-likeness (QED) is 0.830. The van der Waals surface area contributed by atoms with Crippen molar-refractivity contribution in [2.75, 3.05) is 25.1 Å². The van der Waals surface area contributed by atoms with E-state index in [1.807, 2.05) is 30.0 Å². The molecule has 1 aromatic carbocycles. The average Bonchev–Trinajstić information content (AvgIpc) is 2.33. The predicted octanol–water partition coefficient (Wildman–Crippen LogP) is 2.35. The molecule has 0 bridgehead atoms. The molecule has 0 heterocycles. The summed E-state index contributed by atoms with van der Waals surface area (Å²) in [7, 11) is 1.59. The number of anilines is 1. The van der Waals surface area contributed by atoms with E-state index in [1.165, 1.54) is 0 Å². The van der Waals surface area contributed by atoms with Crippen LogP contribution in [0.5, 0.6) is 5.75 Å². The molecule has 0 radical (unpaired) electrons. The maximum absolute atomic E-state index is 10.0. The Morgan fingerprint density at radius 1 is 1.37 bits per heavy atom. The zero-order valence-corrected chi connectivity index (χ0v) is 12.5. The highest BCUT2D eigenvalue weighted by atomic mass is 16.5. The van der Waals surface area contributed by atoms with Gasteiger partial charge in [0.15, 0.2) is 0 Å². The van der Waals surface area contributed by atoms with Crippen molar-refractivity contribution in [3.8, 4) is 5.75 Å². The molecule has 0 fully saturated rings. The summed E-state index contributed by atoms with van der Waals surface area (Å²) < 4.78 is 5.32. The van der Waals surface area contributed by atoms with Crippen LogP contribution >= 0.6 is 0 Å². The lowest BCUT2D eigenvalue weighted by molar-refractivity contribution is 0.0873. The summed E-state index contributed by atoms with van der Waals surface area (Å²) in [5.41, 5.74) is 0.866. The summed E-state index contributed by atoms with van der Waals surface area (Å²) in [5, 5.41) is 20.0. The van der Waals surface area contributed by atoms with Crippen molar-refractivity contribution in [2.24, 2.45) is 0 Å². The number of ether oxygens (including phenoxy) is 1. The Kier molecular flexibility index (Phi) is 5.20. The largest absolute Gasteiger partial charge is 0.496 e. The molecule has 0 aliphatic heterocycles. The predicted molar refractivity (Wildman–Crippen MR) is 77.8 cm³/mol. The summed E-state index contributed by atoms with van der Waals surface area (Å²) >= 11 is 0. The molecule has 108 valence electrons. The highest BCUT2D eigenvalue weighted by molar-refractivity contribution is 5.60. The Bertz CT molecular complexity index is 410. The van der Waals surface area contributed by atoms with Crippen LogP contribution in [0.3, 0.4) is 0 Å². The molecule has 1 rings (SSSR count). The SMILES string of the molecule is CCN(CC(C)(C)O)c1cccc(OC)c1[C@H](C)O. The number of hydrogen-bond acceptors (Lipinski definition) is 4. The van der Waals surface area contributed by atoms with Crippen LogP contribution < -0.4 is 9.64 Å². The summed E-state index contributed by atoms with van der Waals surface area (Å²) in [6, 6.07) is 5.68. The van der Waals surface area contributed by atoms with Crippen LogP contribution in [-0.4, -0.2) is 36.0 Å².